The second kappa shape index (κ2) is 11.4. The van der Waals surface area contributed by atoms with E-state index in [9.17, 15) is 4.79 Å². The Morgan fingerprint density at radius 3 is 2.50 bits per heavy atom. The van der Waals surface area contributed by atoms with Gasteiger partial charge in [-0.1, -0.05) is 47.6 Å². The lowest BCUT2D eigenvalue weighted by molar-refractivity contribution is 0.0746. The molecule has 2 aromatic carbocycles. The van der Waals surface area contributed by atoms with Gasteiger partial charge >= 0.3 is 0 Å². The topological polar surface area (TPSA) is 61.8 Å². The van der Waals surface area contributed by atoms with Crippen LogP contribution in [0.25, 0.3) is 0 Å². The molecule has 0 atom stereocenters. The third kappa shape index (κ3) is 5.71. The molecule has 0 unspecified atom stereocenters. The minimum atomic E-state index is 0.0665. The van der Waals surface area contributed by atoms with Gasteiger partial charge in [0.1, 0.15) is 16.7 Å². The Kier molecular flexibility index (Phi) is 7.82. The zero-order chi connectivity index (χ0) is 24.9. The molecule has 2 fully saturated rings. The van der Waals surface area contributed by atoms with Crippen molar-refractivity contribution in [2.75, 3.05) is 56.2 Å². The number of piperazine rings is 1. The Labute approximate surface area is 221 Å². The Balaban J connectivity index is 1.20. The van der Waals surface area contributed by atoms with Crippen LogP contribution in [0.2, 0.25) is 5.15 Å². The summed E-state index contributed by atoms with van der Waals surface area (Å²) < 4.78 is 5.51. The predicted molar refractivity (Wildman–Crippen MR) is 146 cm³/mol. The number of halogens is 1. The number of rotatable bonds is 7. The van der Waals surface area contributed by atoms with Crippen molar-refractivity contribution in [3.8, 4) is 5.75 Å². The number of nitrogens with zero attached hydrogens (tertiary/aromatic N) is 5. The first-order valence-electron chi connectivity index (χ1n) is 12.3. The van der Waals surface area contributed by atoms with Crippen LogP contribution in [0.4, 0.5) is 11.5 Å². The second-order valence-corrected chi connectivity index (χ2v) is 10.3. The number of thioether (sulfide) groups is 1. The van der Waals surface area contributed by atoms with Crippen LogP contribution >= 0.6 is 23.4 Å². The molecule has 9 heteroatoms. The zero-order valence-corrected chi connectivity index (χ0v) is 22.0. The monoisotopic (exact) mass is 523 g/mol. The molecule has 3 heterocycles. The van der Waals surface area contributed by atoms with Gasteiger partial charge in [-0.3, -0.25) is 4.79 Å². The van der Waals surface area contributed by atoms with Gasteiger partial charge in [0, 0.05) is 56.7 Å². The lowest BCUT2D eigenvalue weighted by atomic mass is 10.1. The molecule has 0 spiro atoms. The summed E-state index contributed by atoms with van der Waals surface area (Å²) in [5.41, 5.74) is 2.84. The fourth-order valence-corrected chi connectivity index (χ4v) is 5.75. The van der Waals surface area contributed by atoms with E-state index in [4.69, 9.17) is 21.3 Å². The van der Waals surface area contributed by atoms with Crippen LogP contribution < -0.4 is 14.5 Å². The number of carbonyl (C=O) groups excluding carboxylic acids is 1. The number of amides is 1. The summed E-state index contributed by atoms with van der Waals surface area (Å²) >= 11 is 7.82. The van der Waals surface area contributed by atoms with Crippen LogP contribution in [-0.4, -0.2) is 67.2 Å². The summed E-state index contributed by atoms with van der Waals surface area (Å²) in [5, 5.41) is 1.12. The van der Waals surface area contributed by atoms with Crippen molar-refractivity contribution in [1.82, 2.24) is 14.9 Å². The minimum absolute atomic E-state index is 0.0665. The molecule has 1 amide bonds. The first-order valence-corrected chi connectivity index (χ1v) is 13.7. The normalized spacial score (nSPS) is 15.9. The van der Waals surface area contributed by atoms with E-state index in [0.29, 0.717) is 34.7 Å². The van der Waals surface area contributed by atoms with E-state index in [2.05, 4.69) is 20.9 Å². The molecule has 0 saturated carbocycles. The summed E-state index contributed by atoms with van der Waals surface area (Å²) in [6.07, 6.45) is 2.36. The molecule has 7 nitrogen and oxygen atoms in total. The molecule has 2 aliphatic heterocycles. The zero-order valence-electron chi connectivity index (χ0n) is 20.4. The number of hydrogen-bond acceptors (Lipinski definition) is 7. The van der Waals surface area contributed by atoms with E-state index < -0.39 is 0 Å². The Morgan fingerprint density at radius 2 is 1.72 bits per heavy atom. The lowest BCUT2D eigenvalue weighted by Gasteiger charge is -2.36. The average molecular weight is 524 g/mol. The van der Waals surface area contributed by atoms with Crippen molar-refractivity contribution in [2.45, 2.75) is 23.8 Å². The maximum atomic E-state index is 13.3. The molecular weight excluding hydrogens is 494 g/mol. The highest BCUT2D eigenvalue weighted by atomic mass is 35.5. The molecule has 0 aliphatic carbocycles. The Bertz CT molecular complexity index is 1210. The van der Waals surface area contributed by atoms with E-state index in [0.717, 1.165) is 49.0 Å². The van der Waals surface area contributed by atoms with Gasteiger partial charge in [-0.2, -0.15) is 0 Å². The fraction of sp³-hybridized carbons (Fsp3) is 0.370. The van der Waals surface area contributed by atoms with Gasteiger partial charge in [0.2, 0.25) is 0 Å². The van der Waals surface area contributed by atoms with Gasteiger partial charge < -0.3 is 19.4 Å². The molecule has 36 heavy (non-hydrogen) atoms. The maximum Gasteiger partial charge on any atom is 0.253 e. The lowest BCUT2D eigenvalue weighted by Crippen LogP contribution is -2.48. The largest absolute Gasteiger partial charge is 0.495 e. The van der Waals surface area contributed by atoms with Crippen molar-refractivity contribution in [3.05, 3.63) is 70.9 Å². The van der Waals surface area contributed by atoms with Crippen molar-refractivity contribution < 1.29 is 9.53 Å². The number of ether oxygens (including phenoxy) is 1. The number of hydrogen-bond donors (Lipinski definition) is 0. The summed E-state index contributed by atoms with van der Waals surface area (Å²) in [5.74, 6) is 2.49. The van der Waals surface area contributed by atoms with E-state index in [1.807, 2.05) is 53.4 Å². The van der Waals surface area contributed by atoms with Crippen molar-refractivity contribution in [1.29, 1.82) is 0 Å². The van der Waals surface area contributed by atoms with E-state index in [-0.39, 0.29) is 5.91 Å². The highest BCUT2D eigenvalue weighted by molar-refractivity contribution is 7.98. The molecule has 0 N–H and O–H groups in total. The molecular formula is C27H30ClN5O2S. The number of benzene rings is 2. The van der Waals surface area contributed by atoms with Crippen LogP contribution in [-0.2, 0) is 5.75 Å². The van der Waals surface area contributed by atoms with Crippen molar-refractivity contribution >= 4 is 40.8 Å². The van der Waals surface area contributed by atoms with Gasteiger partial charge in [-0.05, 0) is 42.7 Å². The number of para-hydroxylation sites is 2. The minimum Gasteiger partial charge on any atom is -0.495 e. The fourth-order valence-electron chi connectivity index (χ4n) is 4.72. The van der Waals surface area contributed by atoms with Gasteiger partial charge in [0.05, 0.1) is 12.8 Å². The summed E-state index contributed by atoms with van der Waals surface area (Å²) in [6, 6.07) is 17.7. The summed E-state index contributed by atoms with van der Waals surface area (Å²) in [4.78, 5) is 28.8. The first kappa shape index (κ1) is 24.7. The highest BCUT2D eigenvalue weighted by Gasteiger charge is 2.24. The molecule has 2 aliphatic rings. The number of carbonyl (C=O) groups is 1. The van der Waals surface area contributed by atoms with Crippen LogP contribution in [0.1, 0.15) is 28.8 Å². The van der Waals surface area contributed by atoms with Gasteiger partial charge in [-0.25, -0.2) is 9.97 Å². The number of aromatic nitrogens is 2. The SMILES string of the molecule is COc1ccccc1N1CCN(C(=O)c2cccc(CSc3nc(Cl)cc(N4CCCC4)n3)c2)CC1. The van der Waals surface area contributed by atoms with E-state index in [1.54, 1.807) is 18.9 Å². The smallest absolute Gasteiger partial charge is 0.253 e. The molecule has 0 radical (unpaired) electrons. The quantitative estimate of drug-likeness (QED) is 0.245. The first-order chi connectivity index (χ1) is 17.6. The van der Waals surface area contributed by atoms with Crippen LogP contribution in [0.3, 0.4) is 0 Å². The molecule has 5 rings (SSSR count). The second-order valence-electron chi connectivity index (χ2n) is 8.97. The molecule has 188 valence electrons. The molecule has 2 saturated heterocycles. The molecule has 0 bridgehead atoms. The van der Waals surface area contributed by atoms with Crippen LogP contribution in [0, 0.1) is 0 Å². The Morgan fingerprint density at radius 1 is 0.944 bits per heavy atom. The van der Waals surface area contributed by atoms with Crippen molar-refractivity contribution in [3.63, 3.8) is 0 Å². The van der Waals surface area contributed by atoms with Crippen molar-refractivity contribution in [2.24, 2.45) is 0 Å². The van der Waals surface area contributed by atoms with Gasteiger partial charge in [-0.15, -0.1) is 0 Å². The molecule has 3 aromatic rings. The summed E-state index contributed by atoms with van der Waals surface area (Å²) in [6.45, 7) is 4.90. The number of anilines is 2. The Hall–Kier alpha value is -2.97. The van der Waals surface area contributed by atoms with Gasteiger partial charge in [0.25, 0.3) is 5.91 Å². The molecule has 1 aromatic heterocycles. The van der Waals surface area contributed by atoms with Crippen LogP contribution in [0.15, 0.2) is 59.8 Å². The summed E-state index contributed by atoms with van der Waals surface area (Å²) in [7, 11) is 1.69. The van der Waals surface area contributed by atoms with E-state index >= 15 is 0 Å². The van der Waals surface area contributed by atoms with Crippen LogP contribution in [0.5, 0.6) is 5.75 Å². The maximum absolute atomic E-state index is 13.3. The highest BCUT2D eigenvalue weighted by Crippen LogP contribution is 2.29. The average Bonchev–Trinajstić information content (AvgIpc) is 3.47. The number of methoxy groups -OCH3 is 1. The van der Waals surface area contributed by atoms with Gasteiger partial charge in [0.15, 0.2) is 5.16 Å². The third-order valence-corrected chi connectivity index (χ3v) is 7.74. The standard InChI is InChI=1S/C27H30ClN5O2S/c1-35-23-10-3-2-9-22(23)31-13-15-33(16-14-31)26(34)21-8-6-7-20(17-21)19-36-27-29-24(28)18-25(30-27)32-11-4-5-12-32/h2-3,6-10,17-18H,4-5,11-16,19H2,1H3. The third-order valence-electron chi connectivity index (χ3n) is 6.63. The predicted octanol–water partition coefficient (Wildman–Crippen LogP) is 4.99. The van der Waals surface area contributed by atoms with E-state index in [1.165, 1.54) is 12.8 Å².